The molecule has 0 bridgehead atoms. The summed E-state index contributed by atoms with van der Waals surface area (Å²) in [6.45, 7) is 0. The van der Waals surface area contributed by atoms with Gasteiger partial charge in [0.1, 0.15) is 5.69 Å². The smallest absolute Gasteiger partial charge is 0.336 e. The number of nitrogens with two attached hydrogens (primary N) is 1. The van der Waals surface area contributed by atoms with Gasteiger partial charge in [0, 0.05) is 5.69 Å². The van der Waals surface area contributed by atoms with E-state index < -0.39 is 11.9 Å². The zero-order valence-corrected chi connectivity index (χ0v) is 8.69. The molecule has 0 saturated heterocycles. The number of aromatic nitrogens is 1. The van der Waals surface area contributed by atoms with Crippen molar-refractivity contribution in [2.24, 2.45) is 5.73 Å². The first kappa shape index (κ1) is 10.6. The number of pyridine rings is 1. The van der Waals surface area contributed by atoms with E-state index in [2.05, 4.69) is 4.98 Å². The Morgan fingerprint density at radius 2 is 2.00 bits per heavy atom. The third-order valence-electron chi connectivity index (χ3n) is 2.78. The van der Waals surface area contributed by atoms with Gasteiger partial charge in [0.25, 0.3) is 5.91 Å². The molecule has 1 aromatic rings. The summed E-state index contributed by atoms with van der Waals surface area (Å²) < 4.78 is 0. The van der Waals surface area contributed by atoms with Gasteiger partial charge in [-0.1, -0.05) is 0 Å². The molecule has 16 heavy (non-hydrogen) atoms. The number of aryl methyl sites for hydroxylation is 1. The second-order valence-corrected chi connectivity index (χ2v) is 3.86. The summed E-state index contributed by atoms with van der Waals surface area (Å²) in [5, 5.41) is 9.07. The Hall–Kier alpha value is -1.91. The van der Waals surface area contributed by atoms with Gasteiger partial charge < -0.3 is 10.8 Å². The predicted octanol–water partition coefficient (Wildman–Crippen LogP) is 0.757. The lowest BCUT2D eigenvalue weighted by Gasteiger charge is -2.17. The number of primary amides is 1. The van der Waals surface area contributed by atoms with Crippen LogP contribution in [-0.2, 0) is 12.8 Å². The third kappa shape index (κ3) is 1.76. The van der Waals surface area contributed by atoms with Crippen LogP contribution in [0.5, 0.6) is 0 Å². The minimum atomic E-state index is -1.02. The molecule has 1 aliphatic carbocycles. The standard InChI is InChI=1S/C11H12N2O3/c12-10(14)9-5-7(11(15)16)6-3-1-2-4-8(6)13-9/h5H,1-4H2,(H2,12,14)(H,15,16). The number of hydrogen-bond donors (Lipinski definition) is 2. The second-order valence-electron chi connectivity index (χ2n) is 3.86. The fraction of sp³-hybridized carbons (Fsp3) is 0.364. The quantitative estimate of drug-likeness (QED) is 0.769. The number of aromatic carboxylic acids is 1. The van der Waals surface area contributed by atoms with E-state index >= 15 is 0 Å². The number of rotatable bonds is 2. The fourth-order valence-electron chi connectivity index (χ4n) is 2.02. The van der Waals surface area contributed by atoms with Crippen LogP contribution in [0.15, 0.2) is 6.07 Å². The van der Waals surface area contributed by atoms with Crippen molar-refractivity contribution in [2.45, 2.75) is 25.7 Å². The monoisotopic (exact) mass is 220 g/mol. The van der Waals surface area contributed by atoms with Gasteiger partial charge in [0.15, 0.2) is 0 Å². The van der Waals surface area contributed by atoms with Crippen molar-refractivity contribution in [3.8, 4) is 0 Å². The first-order valence-electron chi connectivity index (χ1n) is 5.15. The highest BCUT2D eigenvalue weighted by atomic mass is 16.4. The van der Waals surface area contributed by atoms with Crippen molar-refractivity contribution in [1.29, 1.82) is 0 Å². The molecule has 1 aromatic heterocycles. The Kier molecular flexibility index (Phi) is 2.60. The van der Waals surface area contributed by atoms with Gasteiger partial charge in [0.2, 0.25) is 0 Å². The molecule has 1 amide bonds. The predicted molar refractivity (Wildman–Crippen MR) is 56.4 cm³/mol. The van der Waals surface area contributed by atoms with Crippen LogP contribution in [0.2, 0.25) is 0 Å². The highest BCUT2D eigenvalue weighted by Gasteiger charge is 2.21. The van der Waals surface area contributed by atoms with Crippen LogP contribution < -0.4 is 5.73 Å². The topological polar surface area (TPSA) is 93.3 Å². The molecule has 1 heterocycles. The molecule has 5 heteroatoms. The summed E-state index contributed by atoms with van der Waals surface area (Å²) in [6.07, 6.45) is 3.37. The lowest BCUT2D eigenvalue weighted by atomic mass is 9.91. The maximum atomic E-state index is 11.1. The molecule has 0 fully saturated rings. The normalized spacial score (nSPS) is 14.2. The number of carbonyl (C=O) groups excluding carboxylic acids is 1. The van der Waals surface area contributed by atoms with E-state index in [-0.39, 0.29) is 11.3 Å². The maximum absolute atomic E-state index is 11.1. The molecule has 5 nitrogen and oxygen atoms in total. The van der Waals surface area contributed by atoms with Gasteiger partial charge >= 0.3 is 5.97 Å². The minimum Gasteiger partial charge on any atom is -0.478 e. The minimum absolute atomic E-state index is 0.0399. The molecule has 0 atom stereocenters. The van der Waals surface area contributed by atoms with Crippen molar-refractivity contribution in [1.82, 2.24) is 4.98 Å². The van der Waals surface area contributed by atoms with E-state index in [0.717, 1.165) is 24.8 Å². The van der Waals surface area contributed by atoms with Crippen LogP contribution in [0.3, 0.4) is 0 Å². The first-order chi connectivity index (χ1) is 7.59. The maximum Gasteiger partial charge on any atom is 0.336 e. The van der Waals surface area contributed by atoms with E-state index in [4.69, 9.17) is 10.8 Å². The van der Waals surface area contributed by atoms with Crippen LogP contribution in [0.25, 0.3) is 0 Å². The Bertz CT molecular complexity index is 469. The number of amides is 1. The average Bonchev–Trinajstić information content (AvgIpc) is 2.27. The van der Waals surface area contributed by atoms with Gasteiger partial charge in [-0.25, -0.2) is 9.78 Å². The molecule has 0 aromatic carbocycles. The SMILES string of the molecule is NC(=O)c1cc(C(=O)O)c2c(n1)CCCC2. The molecule has 3 N–H and O–H groups in total. The number of nitrogens with zero attached hydrogens (tertiary/aromatic N) is 1. The largest absolute Gasteiger partial charge is 0.478 e. The van der Waals surface area contributed by atoms with Crippen molar-refractivity contribution < 1.29 is 14.7 Å². The molecular weight excluding hydrogens is 208 g/mol. The molecule has 0 aliphatic heterocycles. The number of fused-ring (bicyclic) bond motifs is 1. The molecule has 0 radical (unpaired) electrons. The Morgan fingerprint density at radius 3 is 2.62 bits per heavy atom. The summed E-state index contributed by atoms with van der Waals surface area (Å²) in [4.78, 5) is 26.2. The number of carbonyl (C=O) groups is 2. The van der Waals surface area contributed by atoms with Crippen LogP contribution in [0.1, 0.15) is 44.9 Å². The van der Waals surface area contributed by atoms with Gasteiger partial charge in [-0.3, -0.25) is 4.79 Å². The van der Waals surface area contributed by atoms with Crippen LogP contribution in [0.4, 0.5) is 0 Å². The molecular formula is C11H12N2O3. The number of carboxylic acid groups (broad SMARTS) is 1. The third-order valence-corrected chi connectivity index (χ3v) is 2.78. The number of carboxylic acids is 1. The van der Waals surface area contributed by atoms with Crippen LogP contribution >= 0.6 is 0 Å². The first-order valence-corrected chi connectivity index (χ1v) is 5.15. The highest BCUT2D eigenvalue weighted by molar-refractivity contribution is 5.96. The molecule has 0 saturated carbocycles. The molecule has 0 spiro atoms. The van der Waals surface area contributed by atoms with Crippen molar-refractivity contribution in [3.05, 3.63) is 28.6 Å². The van der Waals surface area contributed by atoms with Crippen molar-refractivity contribution in [2.75, 3.05) is 0 Å². The van der Waals surface area contributed by atoms with E-state index in [0.29, 0.717) is 12.1 Å². The van der Waals surface area contributed by atoms with Gasteiger partial charge in [-0.2, -0.15) is 0 Å². The Labute approximate surface area is 92.3 Å². The molecule has 1 aliphatic rings. The number of hydrogen-bond acceptors (Lipinski definition) is 3. The van der Waals surface area contributed by atoms with Crippen molar-refractivity contribution >= 4 is 11.9 Å². The summed E-state index contributed by atoms with van der Waals surface area (Å²) in [7, 11) is 0. The lowest BCUT2D eigenvalue weighted by molar-refractivity contribution is 0.0695. The van der Waals surface area contributed by atoms with Gasteiger partial charge in [-0.15, -0.1) is 0 Å². The molecule has 2 rings (SSSR count). The lowest BCUT2D eigenvalue weighted by Crippen LogP contribution is -2.19. The molecule has 0 unspecified atom stereocenters. The second kappa shape index (κ2) is 3.92. The van der Waals surface area contributed by atoms with E-state index in [9.17, 15) is 9.59 Å². The summed E-state index contributed by atoms with van der Waals surface area (Å²) in [5.74, 6) is -1.71. The zero-order chi connectivity index (χ0) is 11.7. The summed E-state index contributed by atoms with van der Waals surface area (Å²) in [6, 6.07) is 1.27. The van der Waals surface area contributed by atoms with E-state index in [1.54, 1.807) is 0 Å². The van der Waals surface area contributed by atoms with Gasteiger partial charge in [-0.05, 0) is 37.3 Å². The molecule has 84 valence electrons. The van der Waals surface area contributed by atoms with Crippen LogP contribution in [0, 0.1) is 0 Å². The highest BCUT2D eigenvalue weighted by Crippen LogP contribution is 2.23. The fourth-order valence-corrected chi connectivity index (χ4v) is 2.02. The summed E-state index contributed by atoms with van der Waals surface area (Å²) >= 11 is 0. The average molecular weight is 220 g/mol. The Balaban J connectivity index is 2.61. The van der Waals surface area contributed by atoms with E-state index in [1.165, 1.54) is 6.07 Å². The van der Waals surface area contributed by atoms with Crippen molar-refractivity contribution in [3.63, 3.8) is 0 Å². The zero-order valence-electron chi connectivity index (χ0n) is 8.69. The summed E-state index contributed by atoms with van der Waals surface area (Å²) in [5.41, 5.74) is 6.79. The van der Waals surface area contributed by atoms with Crippen LogP contribution in [-0.4, -0.2) is 22.0 Å². The Morgan fingerprint density at radius 1 is 1.31 bits per heavy atom. The van der Waals surface area contributed by atoms with E-state index in [1.807, 2.05) is 0 Å². The van der Waals surface area contributed by atoms with Gasteiger partial charge in [0.05, 0.1) is 5.56 Å².